The third-order valence-electron chi connectivity index (χ3n) is 2.99. The minimum absolute atomic E-state index is 0.0353. The first-order valence-corrected chi connectivity index (χ1v) is 7.78. The van der Waals surface area contributed by atoms with Crippen LogP contribution in [0, 0.1) is 5.82 Å². The van der Waals surface area contributed by atoms with E-state index in [0.717, 1.165) is 16.3 Å². The molecule has 0 aliphatic carbocycles. The first-order chi connectivity index (χ1) is 9.88. The standard InChI is InChI=1S/C16H21FN2OS/c1-16(2,3)14-10-21-15(19-14)9-20-13-6-11(8-18-4)5-12(17)7-13/h5-7,10,18H,8-9H2,1-4H3. The normalized spacial score (nSPS) is 11.7. The number of benzene rings is 1. The van der Waals surface area contributed by atoms with Crippen LogP contribution in [0.5, 0.6) is 5.75 Å². The molecule has 114 valence electrons. The van der Waals surface area contributed by atoms with E-state index < -0.39 is 0 Å². The first kappa shape index (κ1) is 15.9. The molecule has 0 unspecified atom stereocenters. The fraction of sp³-hybridized carbons (Fsp3) is 0.438. The van der Waals surface area contributed by atoms with Crippen molar-refractivity contribution in [2.75, 3.05) is 7.05 Å². The van der Waals surface area contributed by atoms with E-state index in [0.29, 0.717) is 18.9 Å². The van der Waals surface area contributed by atoms with Gasteiger partial charge in [0, 0.05) is 23.4 Å². The van der Waals surface area contributed by atoms with Crippen LogP contribution in [0.1, 0.15) is 37.0 Å². The van der Waals surface area contributed by atoms with Gasteiger partial charge in [-0.25, -0.2) is 9.37 Å². The molecule has 2 aromatic rings. The van der Waals surface area contributed by atoms with E-state index >= 15 is 0 Å². The molecule has 1 N–H and O–H groups in total. The molecule has 0 amide bonds. The summed E-state index contributed by atoms with van der Waals surface area (Å²) in [6, 6.07) is 4.75. The summed E-state index contributed by atoms with van der Waals surface area (Å²) in [6.45, 7) is 7.36. The quantitative estimate of drug-likeness (QED) is 0.910. The fourth-order valence-electron chi connectivity index (χ4n) is 1.88. The molecule has 0 fully saturated rings. The molecule has 0 saturated heterocycles. The Morgan fingerprint density at radius 3 is 2.67 bits per heavy atom. The van der Waals surface area contributed by atoms with Crippen molar-refractivity contribution in [1.82, 2.24) is 10.3 Å². The zero-order valence-electron chi connectivity index (χ0n) is 12.9. The van der Waals surface area contributed by atoms with Gasteiger partial charge in [-0.3, -0.25) is 0 Å². The monoisotopic (exact) mass is 308 g/mol. The van der Waals surface area contributed by atoms with E-state index in [1.807, 2.05) is 13.1 Å². The molecule has 0 atom stereocenters. The molecule has 0 radical (unpaired) electrons. The zero-order valence-corrected chi connectivity index (χ0v) is 13.7. The van der Waals surface area contributed by atoms with E-state index in [2.05, 4.69) is 36.5 Å². The topological polar surface area (TPSA) is 34.1 Å². The molecule has 0 bridgehead atoms. The Bertz CT molecular complexity index is 605. The minimum Gasteiger partial charge on any atom is -0.486 e. The van der Waals surface area contributed by atoms with Crippen molar-refractivity contribution in [2.24, 2.45) is 0 Å². The molecular weight excluding hydrogens is 287 g/mol. The lowest BCUT2D eigenvalue weighted by atomic mass is 9.93. The lowest BCUT2D eigenvalue weighted by Gasteiger charge is -2.14. The van der Waals surface area contributed by atoms with Gasteiger partial charge in [0.25, 0.3) is 0 Å². The highest BCUT2D eigenvalue weighted by Gasteiger charge is 2.17. The van der Waals surface area contributed by atoms with Crippen LogP contribution in [-0.4, -0.2) is 12.0 Å². The van der Waals surface area contributed by atoms with Gasteiger partial charge >= 0.3 is 0 Å². The van der Waals surface area contributed by atoms with Gasteiger partial charge in [0.1, 0.15) is 23.2 Å². The Kier molecular flexibility index (Phi) is 4.96. The fourth-order valence-corrected chi connectivity index (χ4v) is 2.81. The third kappa shape index (κ3) is 4.51. The molecule has 3 nitrogen and oxygen atoms in total. The smallest absolute Gasteiger partial charge is 0.140 e. The molecule has 0 spiro atoms. The second-order valence-corrected chi connectivity index (χ2v) is 6.93. The van der Waals surface area contributed by atoms with Crippen molar-refractivity contribution in [3.8, 4) is 5.75 Å². The van der Waals surface area contributed by atoms with Gasteiger partial charge in [-0.1, -0.05) is 20.8 Å². The second kappa shape index (κ2) is 6.54. The number of nitrogens with zero attached hydrogens (tertiary/aromatic N) is 1. The van der Waals surface area contributed by atoms with Crippen molar-refractivity contribution in [3.05, 3.63) is 45.7 Å². The average Bonchev–Trinajstić information content (AvgIpc) is 2.85. The van der Waals surface area contributed by atoms with Gasteiger partial charge in [0.05, 0.1) is 5.69 Å². The molecule has 0 saturated carbocycles. The summed E-state index contributed by atoms with van der Waals surface area (Å²) < 4.78 is 19.2. The third-order valence-corrected chi connectivity index (χ3v) is 3.82. The van der Waals surface area contributed by atoms with Crippen LogP contribution in [0.3, 0.4) is 0 Å². The molecule has 2 rings (SSSR count). The van der Waals surface area contributed by atoms with Gasteiger partial charge in [-0.15, -0.1) is 11.3 Å². The number of aromatic nitrogens is 1. The number of rotatable bonds is 5. The van der Waals surface area contributed by atoms with E-state index in [1.54, 1.807) is 11.3 Å². The van der Waals surface area contributed by atoms with Crippen molar-refractivity contribution in [1.29, 1.82) is 0 Å². The van der Waals surface area contributed by atoms with Gasteiger partial charge in [-0.2, -0.15) is 0 Å². The Morgan fingerprint density at radius 2 is 2.05 bits per heavy atom. The predicted molar refractivity (Wildman–Crippen MR) is 84.3 cm³/mol. The molecule has 1 aromatic carbocycles. The maximum Gasteiger partial charge on any atom is 0.140 e. The largest absolute Gasteiger partial charge is 0.486 e. The summed E-state index contributed by atoms with van der Waals surface area (Å²) in [7, 11) is 1.83. The van der Waals surface area contributed by atoms with Crippen LogP contribution in [-0.2, 0) is 18.6 Å². The van der Waals surface area contributed by atoms with Crippen molar-refractivity contribution < 1.29 is 9.13 Å². The van der Waals surface area contributed by atoms with E-state index in [1.165, 1.54) is 12.1 Å². The summed E-state index contributed by atoms with van der Waals surface area (Å²) in [5.41, 5.74) is 1.95. The molecule has 5 heteroatoms. The van der Waals surface area contributed by atoms with Crippen molar-refractivity contribution >= 4 is 11.3 Å². The summed E-state index contributed by atoms with van der Waals surface area (Å²) >= 11 is 1.57. The van der Waals surface area contributed by atoms with Crippen LogP contribution in [0.2, 0.25) is 0 Å². The maximum absolute atomic E-state index is 13.5. The highest BCUT2D eigenvalue weighted by Crippen LogP contribution is 2.25. The van der Waals surface area contributed by atoms with E-state index in [9.17, 15) is 4.39 Å². The molecule has 1 aromatic heterocycles. The number of ether oxygens (including phenoxy) is 1. The van der Waals surface area contributed by atoms with Crippen molar-refractivity contribution in [3.63, 3.8) is 0 Å². The number of hydrogen-bond acceptors (Lipinski definition) is 4. The molecule has 1 heterocycles. The SMILES string of the molecule is CNCc1cc(F)cc(OCc2nc(C(C)(C)C)cs2)c1. The summed E-state index contributed by atoms with van der Waals surface area (Å²) in [4.78, 5) is 4.57. The Balaban J connectivity index is 2.04. The number of thiazole rings is 1. The van der Waals surface area contributed by atoms with Crippen molar-refractivity contribution in [2.45, 2.75) is 39.3 Å². The Labute approximate surface area is 129 Å². The molecule has 21 heavy (non-hydrogen) atoms. The van der Waals surface area contributed by atoms with Crippen LogP contribution >= 0.6 is 11.3 Å². The lowest BCUT2D eigenvalue weighted by Crippen LogP contribution is -2.11. The second-order valence-electron chi connectivity index (χ2n) is 5.99. The van der Waals surface area contributed by atoms with Crippen LogP contribution in [0.25, 0.3) is 0 Å². The summed E-state index contributed by atoms with van der Waals surface area (Å²) in [6.07, 6.45) is 0. The molecule has 0 aliphatic rings. The first-order valence-electron chi connectivity index (χ1n) is 6.90. The highest BCUT2D eigenvalue weighted by molar-refractivity contribution is 7.09. The van der Waals surface area contributed by atoms with Crippen LogP contribution < -0.4 is 10.1 Å². The minimum atomic E-state index is -0.285. The molecule has 0 aliphatic heterocycles. The van der Waals surface area contributed by atoms with E-state index in [4.69, 9.17) is 4.74 Å². The number of halogens is 1. The number of nitrogens with one attached hydrogen (secondary N) is 1. The highest BCUT2D eigenvalue weighted by atomic mass is 32.1. The summed E-state index contributed by atoms with van der Waals surface area (Å²) in [5.74, 6) is 0.250. The van der Waals surface area contributed by atoms with Crippen LogP contribution in [0.4, 0.5) is 4.39 Å². The zero-order chi connectivity index (χ0) is 15.5. The predicted octanol–water partition coefficient (Wildman–Crippen LogP) is 3.88. The van der Waals surface area contributed by atoms with Gasteiger partial charge in [0.2, 0.25) is 0 Å². The molecular formula is C16H21FN2OS. The van der Waals surface area contributed by atoms with E-state index in [-0.39, 0.29) is 11.2 Å². The van der Waals surface area contributed by atoms with Gasteiger partial charge < -0.3 is 10.1 Å². The number of hydrogen-bond donors (Lipinski definition) is 1. The lowest BCUT2D eigenvalue weighted by molar-refractivity contribution is 0.303. The Morgan fingerprint density at radius 1 is 1.29 bits per heavy atom. The summed E-state index contributed by atoms with van der Waals surface area (Å²) in [5, 5.41) is 5.95. The van der Waals surface area contributed by atoms with Gasteiger partial charge in [0.15, 0.2) is 0 Å². The van der Waals surface area contributed by atoms with Crippen LogP contribution in [0.15, 0.2) is 23.6 Å². The Hall–Kier alpha value is -1.46. The maximum atomic E-state index is 13.5. The average molecular weight is 308 g/mol. The van der Waals surface area contributed by atoms with Gasteiger partial charge in [-0.05, 0) is 24.7 Å².